The van der Waals surface area contributed by atoms with E-state index in [0.717, 1.165) is 5.56 Å². The van der Waals surface area contributed by atoms with Crippen molar-refractivity contribution in [3.63, 3.8) is 0 Å². The van der Waals surface area contributed by atoms with E-state index in [4.69, 9.17) is 0 Å². The summed E-state index contributed by atoms with van der Waals surface area (Å²) in [6, 6.07) is 0. The average molecular weight is 132 g/mol. The van der Waals surface area contributed by atoms with E-state index in [2.05, 4.69) is 34.8 Å². The third-order valence-corrected chi connectivity index (χ3v) is 5.46. The van der Waals surface area contributed by atoms with Crippen LogP contribution in [0.2, 0.25) is 0 Å². The van der Waals surface area contributed by atoms with Gasteiger partial charge in [0, 0.05) is 0 Å². The molecule has 0 aromatic heterocycles. The van der Waals surface area contributed by atoms with E-state index in [-0.39, 0.29) is 0 Å². The fraction of sp³-hybridized carbons (Fsp3) is 1.00. The summed E-state index contributed by atoms with van der Waals surface area (Å²) in [4.78, 5) is 0. The fourth-order valence-corrected chi connectivity index (χ4v) is 1.84. The Kier molecular flexibility index (Phi) is 3.05. The minimum atomic E-state index is -0.761. The molecular weight excluding hydrogens is 114 g/mol. The Hall–Kier alpha value is 0.495. The molecule has 0 amide bonds. The summed E-state index contributed by atoms with van der Waals surface area (Å²) >= 11 is 0. The fourth-order valence-electron chi connectivity index (χ4n) is 0.612. The molecule has 0 spiro atoms. The molecule has 0 radical (unpaired) electrons. The van der Waals surface area contributed by atoms with Gasteiger partial charge < -0.3 is 0 Å². The summed E-state index contributed by atoms with van der Waals surface area (Å²) < 4.78 is 0. The molecule has 1 atom stereocenters. The van der Waals surface area contributed by atoms with Crippen molar-refractivity contribution in [1.82, 2.24) is 0 Å². The van der Waals surface area contributed by atoms with Crippen molar-refractivity contribution in [3.05, 3.63) is 0 Å². The molecule has 0 saturated heterocycles. The SMILES string of the molecule is BC(CC)[PH](C)(C)C. The molecule has 0 heterocycles. The Morgan fingerprint density at radius 1 is 1.38 bits per heavy atom. The van der Waals surface area contributed by atoms with E-state index in [1.807, 2.05) is 0 Å². The predicted octanol–water partition coefficient (Wildman–Crippen LogP) is 0.995. The van der Waals surface area contributed by atoms with Crippen LogP contribution in [0.1, 0.15) is 13.3 Å². The van der Waals surface area contributed by atoms with Crippen LogP contribution in [-0.2, 0) is 0 Å². The maximum absolute atomic E-state index is 2.43. The molecule has 0 N–H and O–H groups in total. The molecule has 0 fully saturated rings. The van der Waals surface area contributed by atoms with E-state index in [1.165, 1.54) is 6.42 Å². The van der Waals surface area contributed by atoms with Gasteiger partial charge in [-0.2, -0.15) is 0 Å². The van der Waals surface area contributed by atoms with E-state index in [9.17, 15) is 0 Å². The van der Waals surface area contributed by atoms with E-state index < -0.39 is 7.26 Å². The molecular formula is C6H18BP. The van der Waals surface area contributed by atoms with Crippen LogP contribution in [0, 0.1) is 0 Å². The third kappa shape index (κ3) is 2.72. The molecule has 0 rings (SSSR count). The molecule has 8 heavy (non-hydrogen) atoms. The number of hydrogen-bond donors (Lipinski definition) is 0. The first-order chi connectivity index (χ1) is 3.48. The third-order valence-electron chi connectivity index (χ3n) is 2.09. The zero-order chi connectivity index (χ0) is 6.78. The second-order valence-corrected chi connectivity index (χ2v) is 9.39. The average Bonchev–Trinajstić information content (AvgIpc) is 1.62. The van der Waals surface area contributed by atoms with Gasteiger partial charge in [-0.15, -0.1) is 0 Å². The van der Waals surface area contributed by atoms with E-state index in [0.29, 0.717) is 0 Å². The van der Waals surface area contributed by atoms with Crippen LogP contribution in [0.15, 0.2) is 0 Å². The second kappa shape index (κ2) is 2.87. The molecule has 0 aliphatic heterocycles. The monoisotopic (exact) mass is 132 g/mol. The maximum atomic E-state index is 2.43. The molecule has 0 aromatic rings. The van der Waals surface area contributed by atoms with Crippen molar-refractivity contribution in [1.29, 1.82) is 0 Å². The molecule has 0 aromatic carbocycles. The summed E-state index contributed by atoms with van der Waals surface area (Å²) in [6.07, 6.45) is 1.36. The van der Waals surface area contributed by atoms with Gasteiger partial charge in [-0.25, -0.2) is 0 Å². The standard InChI is InChI=1S/C6H18BP/c1-5-6(7)8(2,3)4/h6,8H,5,7H2,1-4H3. The van der Waals surface area contributed by atoms with Gasteiger partial charge in [0.15, 0.2) is 0 Å². The molecule has 0 aliphatic rings. The first-order valence-corrected chi connectivity index (χ1v) is 7.06. The minimum absolute atomic E-state index is 0.761. The first kappa shape index (κ1) is 8.49. The van der Waals surface area contributed by atoms with Gasteiger partial charge in [-0.1, -0.05) is 0 Å². The van der Waals surface area contributed by atoms with Crippen molar-refractivity contribution in [2.45, 2.75) is 18.9 Å². The van der Waals surface area contributed by atoms with Gasteiger partial charge in [-0.3, -0.25) is 0 Å². The van der Waals surface area contributed by atoms with Crippen LogP contribution in [0.3, 0.4) is 0 Å². The molecule has 0 aliphatic carbocycles. The Morgan fingerprint density at radius 3 is 1.75 bits per heavy atom. The molecule has 0 bridgehead atoms. The van der Waals surface area contributed by atoms with E-state index in [1.54, 1.807) is 0 Å². The van der Waals surface area contributed by atoms with Crippen LogP contribution in [0.5, 0.6) is 0 Å². The Balaban J connectivity index is 3.62. The van der Waals surface area contributed by atoms with Crippen LogP contribution < -0.4 is 0 Å². The topological polar surface area (TPSA) is 0 Å². The Morgan fingerprint density at radius 2 is 1.75 bits per heavy atom. The van der Waals surface area contributed by atoms with Crippen molar-refractivity contribution in [2.75, 3.05) is 20.0 Å². The summed E-state index contributed by atoms with van der Waals surface area (Å²) in [5.41, 5.74) is 0.988. The van der Waals surface area contributed by atoms with Crippen LogP contribution >= 0.6 is 7.26 Å². The van der Waals surface area contributed by atoms with Crippen LogP contribution in [0.4, 0.5) is 0 Å². The van der Waals surface area contributed by atoms with Crippen molar-refractivity contribution >= 4 is 15.1 Å². The molecule has 50 valence electrons. The summed E-state index contributed by atoms with van der Waals surface area (Å²) in [5, 5.41) is 0. The zero-order valence-corrected chi connectivity index (χ0v) is 7.78. The van der Waals surface area contributed by atoms with Crippen molar-refractivity contribution in [3.8, 4) is 0 Å². The van der Waals surface area contributed by atoms with Gasteiger partial charge in [-0.05, 0) is 0 Å². The Bertz CT molecular complexity index is 65.4. The zero-order valence-electron chi connectivity index (χ0n) is 6.78. The molecule has 2 heteroatoms. The van der Waals surface area contributed by atoms with Crippen molar-refractivity contribution < 1.29 is 0 Å². The molecule has 1 unspecified atom stereocenters. The normalized spacial score (nSPS) is 18.0. The first-order valence-electron chi connectivity index (χ1n) is 3.48. The molecule has 0 nitrogen and oxygen atoms in total. The predicted molar refractivity (Wildman–Crippen MR) is 48.7 cm³/mol. The van der Waals surface area contributed by atoms with Crippen LogP contribution in [-0.4, -0.2) is 33.4 Å². The van der Waals surface area contributed by atoms with Crippen LogP contribution in [0.25, 0.3) is 0 Å². The van der Waals surface area contributed by atoms with E-state index >= 15 is 0 Å². The van der Waals surface area contributed by atoms with Gasteiger partial charge in [0.2, 0.25) is 0 Å². The quantitative estimate of drug-likeness (QED) is 0.388. The summed E-state index contributed by atoms with van der Waals surface area (Å²) in [7, 11) is 1.61. The van der Waals surface area contributed by atoms with Gasteiger partial charge in [0.1, 0.15) is 0 Å². The van der Waals surface area contributed by atoms with Crippen molar-refractivity contribution in [2.24, 2.45) is 0 Å². The van der Waals surface area contributed by atoms with Gasteiger partial charge in [0.05, 0.1) is 0 Å². The summed E-state index contributed by atoms with van der Waals surface area (Å²) in [5.74, 6) is 0. The number of hydrogen-bond acceptors (Lipinski definition) is 0. The Labute approximate surface area is 54.8 Å². The second-order valence-electron chi connectivity index (χ2n) is 3.68. The molecule has 0 saturated carbocycles. The van der Waals surface area contributed by atoms with Gasteiger partial charge >= 0.3 is 54.0 Å². The number of rotatable bonds is 2. The summed E-state index contributed by atoms with van der Waals surface area (Å²) in [6.45, 7) is 9.58. The van der Waals surface area contributed by atoms with Gasteiger partial charge in [0.25, 0.3) is 0 Å².